The minimum absolute atomic E-state index is 0.472. The van der Waals surface area contributed by atoms with Crippen LogP contribution in [0.4, 0.5) is 0 Å². The Morgan fingerprint density at radius 2 is 1.96 bits per heavy atom. The molecule has 0 radical (unpaired) electrons. The molecule has 0 saturated carbocycles. The number of fused-ring (bicyclic) bond motifs is 5. The molecule has 4 rings (SSSR count). The van der Waals surface area contributed by atoms with Crippen molar-refractivity contribution in [1.82, 2.24) is 24.5 Å². The monoisotopic (exact) mass is 407 g/mol. The van der Waals surface area contributed by atoms with Crippen LogP contribution in [-0.2, 0) is 12.8 Å². The van der Waals surface area contributed by atoms with E-state index >= 15 is 0 Å². The number of nitrogens with zero attached hydrogens (tertiary/aromatic N) is 5. The molecule has 3 heterocycles. The molecule has 0 bridgehead atoms. The van der Waals surface area contributed by atoms with Gasteiger partial charge in [-0.3, -0.25) is 0 Å². The zero-order valence-electron chi connectivity index (χ0n) is 15.8. The highest BCUT2D eigenvalue weighted by molar-refractivity contribution is 8.00. The van der Waals surface area contributed by atoms with E-state index in [9.17, 15) is 0 Å². The highest BCUT2D eigenvalue weighted by Crippen LogP contribution is 2.39. The van der Waals surface area contributed by atoms with Gasteiger partial charge in [0.2, 0.25) is 0 Å². The zero-order chi connectivity index (χ0) is 18.3. The van der Waals surface area contributed by atoms with E-state index in [1.54, 1.807) is 11.8 Å². The van der Waals surface area contributed by atoms with Crippen LogP contribution in [0.5, 0.6) is 0 Å². The summed E-state index contributed by atoms with van der Waals surface area (Å²) in [5.74, 6) is 0.999. The minimum Gasteiger partial charge on any atom is -0.309 e. The predicted molar refractivity (Wildman–Crippen MR) is 113 cm³/mol. The molecular weight excluding hydrogens is 382 g/mol. The van der Waals surface area contributed by atoms with Crippen molar-refractivity contribution in [1.29, 1.82) is 0 Å². The lowest BCUT2D eigenvalue weighted by Gasteiger charge is -2.12. The molecule has 0 saturated heterocycles. The summed E-state index contributed by atoms with van der Waals surface area (Å²) in [4.78, 5) is 8.83. The van der Waals surface area contributed by atoms with Gasteiger partial charge in [-0.15, -0.1) is 21.5 Å². The lowest BCUT2D eigenvalue weighted by molar-refractivity contribution is 0.437. The second-order valence-corrected chi connectivity index (χ2v) is 11.0. The fourth-order valence-corrected chi connectivity index (χ4v) is 6.50. The molecule has 0 aromatic carbocycles. The largest absolute Gasteiger partial charge is 0.309 e. The Labute approximate surface area is 167 Å². The lowest BCUT2D eigenvalue weighted by atomic mass is 9.98. The van der Waals surface area contributed by atoms with E-state index in [0.29, 0.717) is 5.25 Å². The smallest absolute Gasteiger partial charge is 0.197 e. The summed E-state index contributed by atoms with van der Waals surface area (Å²) >= 11 is 5.46. The van der Waals surface area contributed by atoms with Crippen molar-refractivity contribution in [2.75, 3.05) is 26.4 Å². The Morgan fingerprint density at radius 3 is 2.73 bits per heavy atom. The molecule has 0 fully saturated rings. The van der Waals surface area contributed by atoms with Gasteiger partial charge in [-0.05, 0) is 45.3 Å². The summed E-state index contributed by atoms with van der Waals surface area (Å²) in [5.41, 5.74) is 3.64. The van der Waals surface area contributed by atoms with E-state index in [1.807, 2.05) is 23.1 Å². The van der Waals surface area contributed by atoms with Crippen LogP contribution in [0.3, 0.4) is 0 Å². The molecular formula is C18H25N5S3. The summed E-state index contributed by atoms with van der Waals surface area (Å²) in [6.45, 7) is 5.46. The van der Waals surface area contributed by atoms with Crippen LogP contribution < -0.4 is 0 Å². The molecule has 1 aliphatic rings. The summed E-state index contributed by atoms with van der Waals surface area (Å²) in [6, 6.07) is 0. The van der Waals surface area contributed by atoms with Crippen molar-refractivity contribution in [3.05, 3.63) is 10.4 Å². The Balaban J connectivity index is 1.85. The van der Waals surface area contributed by atoms with E-state index < -0.39 is 0 Å². The van der Waals surface area contributed by atoms with E-state index in [1.165, 1.54) is 39.9 Å². The predicted octanol–water partition coefficient (Wildman–Crippen LogP) is 4.37. The molecule has 140 valence electrons. The fraction of sp³-hybridized carbons (Fsp3) is 0.611. The van der Waals surface area contributed by atoms with E-state index in [0.717, 1.165) is 34.7 Å². The minimum atomic E-state index is 0.472. The van der Waals surface area contributed by atoms with Gasteiger partial charge in [0.05, 0.1) is 10.2 Å². The third-order valence-electron chi connectivity index (χ3n) is 4.49. The van der Waals surface area contributed by atoms with Gasteiger partial charge < -0.3 is 4.90 Å². The molecule has 3 aromatic heterocycles. The number of hydrogen-bond donors (Lipinski definition) is 0. The number of thiophene rings is 1. The Hall–Kier alpha value is -0.830. The average Bonchev–Trinajstić information content (AvgIpc) is 3.16. The van der Waals surface area contributed by atoms with E-state index in [-0.39, 0.29) is 0 Å². The van der Waals surface area contributed by atoms with Gasteiger partial charge in [-0.2, -0.15) is 0 Å². The lowest BCUT2D eigenvalue weighted by Crippen LogP contribution is -2.15. The number of aryl methyl sites for hydroxylation is 2. The van der Waals surface area contributed by atoms with Crippen molar-refractivity contribution in [2.24, 2.45) is 0 Å². The third-order valence-corrected chi connectivity index (χ3v) is 7.63. The Bertz CT molecular complexity index is 928. The van der Waals surface area contributed by atoms with Crippen LogP contribution in [0.15, 0.2) is 10.3 Å². The normalized spacial score (nSPS) is 14.8. The van der Waals surface area contributed by atoms with Gasteiger partial charge in [0, 0.05) is 22.4 Å². The molecule has 3 aromatic rings. The first-order valence-electron chi connectivity index (χ1n) is 9.18. The number of rotatable bonds is 6. The quantitative estimate of drug-likeness (QED) is 0.447. The molecule has 26 heavy (non-hydrogen) atoms. The first-order chi connectivity index (χ1) is 12.5. The van der Waals surface area contributed by atoms with Crippen LogP contribution in [-0.4, -0.2) is 56.1 Å². The molecule has 1 aliphatic carbocycles. The van der Waals surface area contributed by atoms with Gasteiger partial charge in [-0.1, -0.05) is 37.4 Å². The average molecular weight is 408 g/mol. The maximum absolute atomic E-state index is 5.13. The van der Waals surface area contributed by atoms with Gasteiger partial charge >= 0.3 is 0 Å². The second kappa shape index (κ2) is 7.66. The van der Waals surface area contributed by atoms with Crippen molar-refractivity contribution < 1.29 is 0 Å². The summed E-state index contributed by atoms with van der Waals surface area (Å²) in [7, 11) is 4.20. The van der Waals surface area contributed by atoms with Gasteiger partial charge in [0.1, 0.15) is 0 Å². The van der Waals surface area contributed by atoms with Gasteiger partial charge in [-0.25, -0.2) is 9.38 Å². The topological polar surface area (TPSA) is 46.3 Å². The highest BCUT2D eigenvalue weighted by atomic mass is 32.2. The number of hydrogen-bond acceptors (Lipinski definition) is 7. The van der Waals surface area contributed by atoms with Crippen molar-refractivity contribution in [2.45, 2.75) is 55.1 Å². The number of aromatic nitrogens is 4. The fourth-order valence-electron chi connectivity index (χ4n) is 3.26. The molecule has 0 spiro atoms. The Kier molecular flexibility index (Phi) is 5.46. The molecule has 5 nitrogen and oxygen atoms in total. The second-order valence-electron chi connectivity index (χ2n) is 7.24. The summed E-state index contributed by atoms with van der Waals surface area (Å²) < 4.78 is 3.41. The van der Waals surface area contributed by atoms with Crippen LogP contribution in [0.2, 0.25) is 0 Å². The molecule has 0 aliphatic heterocycles. The SMILES string of the molecule is CC(C)Sc1nc2c3c(sc2c2nnc(SCCN(C)C)n12)CCCC3. The van der Waals surface area contributed by atoms with Crippen LogP contribution in [0, 0.1) is 0 Å². The van der Waals surface area contributed by atoms with Crippen molar-refractivity contribution in [3.8, 4) is 0 Å². The van der Waals surface area contributed by atoms with Crippen LogP contribution in [0.25, 0.3) is 15.9 Å². The maximum atomic E-state index is 5.13. The standard InChI is InChI=1S/C18H25N5S3/c1-11(2)25-17-19-14-12-7-5-6-8-13(12)26-15(14)16-20-21-18(23(16)17)24-10-9-22(3)4/h11H,5-10H2,1-4H3. The summed E-state index contributed by atoms with van der Waals surface area (Å²) in [5, 5.41) is 11.6. The zero-order valence-corrected chi connectivity index (χ0v) is 18.2. The van der Waals surface area contributed by atoms with E-state index in [4.69, 9.17) is 4.98 Å². The van der Waals surface area contributed by atoms with Gasteiger partial charge in [0.25, 0.3) is 0 Å². The first-order valence-corrected chi connectivity index (χ1v) is 11.9. The molecule has 8 heteroatoms. The highest BCUT2D eigenvalue weighted by Gasteiger charge is 2.23. The molecule has 0 atom stereocenters. The molecule has 0 unspecified atom stereocenters. The van der Waals surface area contributed by atoms with Crippen molar-refractivity contribution >= 4 is 50.7 Å². The first kappa shape index (κ1) is 18.5. The van der Waals surface area contributed by atoms with E-state index in [2.05, 4.69) is 47.4 Å². The van der Waals surface area contributed by atoms with Crippen LogP contribution in [0.1, 0.15) is 37.1 Å². The Morgan fingerprint density at radius 1 is 1.15 bits per heavy atom. The van der Waals surface area contributed by atoms with Crippen molar-refractivity contribution in [3.63, 3.8) is 0 Å². The molecule has 0 N–H and O–H groups in total. The number of thioether (sulfide) groups is 2. The molecule has 0 amide bonds. The maximum Gasteiger partial charge on any atom is 0.197 e. The van der Waals surface area contributed by atoms with Gasteiger partial charge in [0.15, 0.2) is 16.0 Å². The summed E-state index contributed by atoms with van der Waals surface area (Å²) in [6.07, 6.45) is 4.91. The third kappa shape index (κ3) is 3.48. The van der Waals surface area contributed by atoms with Crippen LogP contribution >= 0.6 is 34.9 Å².